The molecule has 3 nitrogen and oxygen atoms in total. The minimum atomic E-state index is -0.482. The van der Waals surface area contributed by atoms with Gasteiger partial charge in [0.25, 0.3) is 0 Å². The highest BCUT2D eigenvalue weighted by molar-refractivity contribution is 6.30. The Hall–Kier alpha value is -1.06. The van der Waals surface area contributed by atoms with Crippen molar-refractivity contribution in [3.05, 3.63) is 29.3 Å². The van der Waals surface area contributed by atoms with Gasteiger partial charge in [-0.15, -0.1) is 0 Å². The third-order valence-electron chi connectivity index (χ3n) is 2.65. The van der Waals surface area contributed by atoms with Gasteiger partial charge >= 0.3 is 0 Å². The van der Waals surface area contributed by atoms with Gasteiger partial charge in [0.2, 0.25) is 5.91 Å². The SMILES string of the molecule is CCC(C)C(N)C(=O)Nc1cccc(Cl)c1. The maximum atomic E-state index is 11.7. The lowest BCUT2D eigenvalue weighted by Gasteiger charge is -2.17. The highest BCUT2D eigenvalue weighted by Gasteiger charge is 2.19. The van der Waals surface area contributed by atoms with E-state index in [0.29, 0.717) is 10.7 Å². The number of nitrogens with two attached hydrogens (primary N) is 1. The molecule has 0 fully saturated rings. The molecule has 0 aliphatic heterocycles. The van der Waals surface area contributed by atoms with Crippen LogP contribution in [-0.4, -0.2) is 11.9 Å². The lowest BCUT2D eigenvalue weighted by Crippen LogP contribution is -2.40. The molecule has 16 heavy (non-hydrogen) atoms. The van der Waals surface area contributed by atoms with Gasteiger partial charge in [0, 0.05) is 10.7 Å². The molecule has 88 valence electrons. The van der Waals surface area contributed by atoms with E-state index in [1.807, 2.05) is 13.8 Å². The molecular formula is C12H17ClN2O. The Kier molecular flexibility index (Phi) is 4.77. The summed E-state index contributed by atoms with van der Waals surface area (Å²) in [5, 5.41) is 3.34. The summed E-state index contributed by atoms with van der Waals surface area (Å²) in [7, 11) is 0. The van der Waals surface area contributed by atoms with Crippen LogP contribution < -0.4 is 11.1 Å². The van der Waals surface area contributed by atoms with Crippen LogP contribution in [0.3, 0.4) is 0 Å². The molecule has 1 rings (SSSR count). The van der Waals surface area contributed by atoms with E-state index in [1.165, 1.54) is 0 Å². The van der Waals surface area contributed by atoms with Gasteiger partial charge in [-0.25, -0.2) is 0 Å². The van der Waals surface area contributed by atoms with Gasteiger partial charge in [-0.05, 0) is 24.1 Å². The number of amides is 1. The molecule has 1 aromatic carbocycles. The zero-order valence-electron chi connectivity index (χ0n) is 9.53. The molecule has 3 N–H and O–H groups in total. The van der Waals surface area contributed by atoms with E-state index in [4.69, 9.17) is 17.3 Å². The minimum absolute atomic E-state index is 0.166. The number of halogens is 1. The number of hydrogen-bond donors (Lipinski definition) is 2. The second kappa shape index (κ2) is 5.87. The number of rotatable bonds is 4. The second-order valence-corrected chi connectivity index (χ2v) is 4.35. The molecule has 4 heteroatoms. The predicted octanol–water partition coefficient (Wildman–Crippen LogP) is 2.65. The van der Waals surface area contributed by atoms with Crippen LogP contribution in [0.25, 0.3) is 0 Å². The summed E-state index contributed by atoms with van der Waals surface area (Å²) in [4.78, 5) is 11.7. The van der Waals surface area contributed by atoms with Crippen LogP contribution in [0.5, 0.6) is 0 Å². The Morgan fingerprint density at radius 2 is 2.25 bits per heavy atom. The van der Waals surface area contributed by atoms with Crippen LogP contribution in [0.2, 0.25) is 5.02 Å². The van der Waals surface area contributed by atoms with Crippen molar-refractivity contribution in [3.8, 4) is 0 Å². The zero-order valence-corrected chi connectivity index (χ0v) is 10.3. The van der Waals surface area contributed by atoms with Gasteiger partial charge in [-0.2, -0.15) is 0 Å². The fourth-order valence-corrected chi connectivity index (χ4v) is 1.49. The van der Waals surface area contributed by atoms with Crippen molar-refractivity contribution < 1.29 is 4.79 Å². The van der Waals surface area contributed by atoms with E-state index < -0.39 is 6.04 Å². The molecule has 0 radical (unpaired) electrons. The summed E-state index contributed by atoms with van der Waals surface area (Å²) in [6.07, 6.45) is 0.879. The summed E-state index contributed by atoms with van der Waals surface area (Å²) in [6.45, 7) is 3.97. The molecule has 1 aromatic rings. The Bertz CT molecular complexity index is 368. The first-order chi connectivity index (χ1) is 7.54. The predicted molar refractivity (Wildman–Crippen MR) is 67.5 cm³/mol. The lowest BCUT2D eigenvalue weighted by atomic mass is 9.99. The second-order valence-electron chi connectivity index (χ2n) is 3.91. The van der Waals surface area contributed by atoms with Crippen LogP contribution in [0.1, 0.15) is 20.3 Å². The Labute approximate surface area is 101 Å². The summed E-state index contributed by atoms with van der Waals surface area (Å²) >= 11 is 5.82. The van der Waals surface area contributed by atoms with Gasteiger partial charge < -0.3 is 11.1 Å². The molecule has 1 amide bonds. The number of carbonyl (C=O) groups is 1. The summed E-state index contributed by atoms with van der Waals surface area (Å²) < 4.78 is 0. The average Bonchev–Trinajstić information content (AvgIpc) is 2.27. The van der Waals surface area contributed by atoms with Crippen molar-refractivity contribution in [2.24, 2.45) is 11.7 Å². The van der Waals surface area contributed by atoms with Gasteiger partial charge in [0.15, 0.2) is 0 Å². The van der Waals surface area contributed by atoms with Crippen LogP contribution in [0, 0.1) is 5.92 Å². The number of hydrogen-bond acceptors (Lipinski definition) is 2. The smallest absolute Gasteiger partial charge is 0.241 e. The van der Waals surface area contributed by atoms with E-state index in [-0.39, 0.29) is 11.8 Å². The van der Waals surface area contributed by atoms with Crippen LogP contribution in [-0.2, 0) is 4.79 Å². The molecule has 0 heterocycles. The largest absolute Gasteiger partial charge is 0.325 e. The van der Waals surface area contributed by atoms with Crippen molar-refractivity contribution in [2.45, 2.75) is 26.3 Å². The molecule has 0 saturated heterocycles. The fourth-order valence-electron chi connectivity index (χ4n) is 1.30. The summed E-state index contributed by atoms with van der Waals surface area (Å²) in [6, 6.07) is 6.54. The van der Waals surface area contributed by atoms with Crippen molar-refractivity contribution in [2.75, 3.05) is 5.32 Å². The number of anilines is 1. The molecule has 0 aromatic heterocycles. The fraction of sp³-hybridized carbons (Fsp3) is 0.417. The number of benzene rings is 1. The molecular weight excluding hydrogens is 224 g/mol. The Morgan fingerprint density at radius 3 is 2.81 bits per heavy atom. The van der Waals surface area contributed by atoms with E-state index in [1.54, 1.807) is 24.3 Å². The average molecular weight is 241 g/mol. The monoisotopic (exact) mass is 240 g/mol. The normalized spacial score (nSPS) is 14.2. The van der Waals surface area contributed by atoms with Crippen LogP contribution >= 0.6 is 11.6 Å². The standard InChI is InChI=1S/C12H17ClN2O/c1-3-8(2)11(14)12(16)15-10-6-4-5-9(13)7-10/h4-8,11H,3,14H2,1-2H3,(H,15,16). The summed E-state index contributed by atoms with van der Waals surface area (Å²) in [5.74, 6) is -0.00389. The van der Waals surface area contributed by atoms with Crippen LogP contribution in [0.4, 0.5) is 5.69 Å². The first-order valence-electron chi connectivity index (χ1n) is 5.36. The molecule has 0 aliphatic rings. The zero-order chi connectivity index (χ0) is 12.1. The number of carbonyl (C=O) groups excluding carboxylic acids is 1. The Balaban J connectivity index is 2.64. The highest BCUT2D eigenvalue weighted by Crippen LogP contribution is 2.16. The van der Waals surface area contributed by atoms with E-state index in [9.17, 15) is 4.79 Å². The van der Waals surface area contributed by atoms with Gasteiger partial charge in [0.05, 0.1) is 6.04 Å². The summed E-state index contributed by atoms with van der Waals surface area (Å²) in [5.41, 5.74) is 6.49. The number of nitrogens with one attached hydrogen (secondary N) is 1. The molecule has 2 atom stereocenters. The van der Waals surface area contributed by atoms with Gasteiger partial charge in [-0.3, -0.25) is 4.79 Å². The maximum Gasteiger partial charge on any atom is 0.241 e. The van der Waals surface area contributed by atoms with Gasteiger partial charge in [0.1, 0.15) is 0 Å². The molecule has 0 saturated carbocycles. The van der Waals surface area contributed by atoms with Crippen molar-refractivity contribution in [1.29, 1.82) is 0 Å². The van der Waals surface area contributed by atoms with Crippen molar-refractivity contribution >= 4 is 23.2 Å². The molecule has 2 unspecified atom stereocenters. The minimum Gasteiger partial charge on any atom is -0.325 e. The van der Waals surface area contributed by atoms with E-state index >= 15 is 0 Å². The third kappa shape index (κ3) is 3.51. The molecule has 0 spiro atoms. The van der Waals surface area contributed by atoms with E-state index in [2.05, 4.69) is 5.32 Å². The quantitative estimate of drug-likeness (QED) is 0.850. The third-order valence-corrected chi connectivity index (χ3v) is 2.89. The topological polar surface area (TPSA) is 55.1 Å². The Morgan fingerprint density at radius 1 is 1.56 bits per heavy atom. The molecule has 0 bridgehead atoms. The highest BCUT2D eigenvalue weighted by atomic mass is 35.5. The molecule has 0 aliphatic carbocycles. The van der Waals surface area contributed by atoms with Crippen molar-refractivity contribution in [1.82, 2.24) is 0 Å². The van der Waals surface area contributed by atoms with Crippen LogP contribution in [0.15, 0.2) is 24.3 Å². The maximum absolute atomic E-state index is 11.7. The van der Waals surface area contributed by atoms with Gasteiger partial charge in [-0.1, -0.05) is 37.9 Å². The van der Waals surface area contributed by atoms with Crippen molar-refractivity contribution in [3.63, 3.8) is 0 Å². The lowest BCUT2D eigenvalue weighted by molar-refractivity contribution is -0.118. The first-order valence-corrected chi connectivity index (χ1v) is 5.74. The van der Waals surface area contributed by atoms with E-state index in [0.717, 1.165) is 6.42 Å². The first kappa shape index (κ1) is 13.0.